The van der Waals surface area contributed by atoms with Crippen LogP contribution in [0.25, 0.3) is 22.0 Å². The van der Waals surface area contributed by atoms with Gasteiger partial charge in [0.25, 0.3) is 5.56 Å². The Hall–Kier alpha value is -2.02. The van der Waals surface area contributed by atoms with Gasteiger partial charge in [0.15, 0.2) is 17.3 Å². The van der Waals surface area contributed by atoms with Crippen LogP contribution in [0.15, 0.2) is 39.6 Å². The SMILES string of the molecule is CCOc1c(Br)cc(/C=C(\Cl)c2nc3cc(Cl)ccc3c(=O)[nH]2)cc1OC. The van der Waals surface area contributed by atoms with E-state index in [1.165, 1.54) is 0 Å². The van der Waals surface area contributed by atoms with E-state index in [1.54, 1.807) is 37.5 Å². The first kappa shape index (κ1) is 19.7. The third-order valence-electron chi connectivity index (χ3n) is 3.73. The molecule has 0 fully saturated rings. The first-order valence-corrected chi connectivity index (χ1v) is 9.55. The molecule has 0 atom stereocenters. The van der Waals surface area contributed by atoms with Gasteiger partial charge in [-0.3, -0.25) is 4.79 Å². The summed E-state index contributed by atoms with van der Waals surface area (Å²) in [6.45, 7) is 2.40. The van der Waals surface area contributed by atoms with Crippen molar-refractivity contribution in [3.8, 4) is 11.5 Å². The van der Waals surface area contributed by atoms with Crippen LogP contribution in [0.5, 0.6) is 11.5 Å². The van der Waals surface area contributed by atoms with Crippen LogP contribution in [0.3, 0.4) is 0 Å². The third kappa shape index (κ3) is 4.29. The van der Waals surface area contributed by atoms with Crippen molar-refractivity contribution < 1.29 is 9.47 Å². The van der Waals surface area contributed by atoms with Crippen molar-refractivity contribution in [3.05, 3.63) is 61.6 Å². The number of aromatic nitrogens is 2. The van der Waals surface area contributed by atoms with Gasteiger partial charge in [0.2, 0.25) is 0 Å². The van der Waals surface area contributed by atoms with Crippen LogP contribution in [0, 0.1) is 0 Å². The zero-order valence-electron chi connectivity index (χ0n) is 14.5. The molecule has 0 saturated heterocycles. The van der Waals surface area contributed by atoms with Gasteiger partial charge in [-0.15, -0.1) is 0 Å². The number of rotatable bonds is 5. The van der Waals surface area contributed by atoms with E-state index in [0.29, 0.717) is 34.0 Å². The topological polar surface area (TPSA) is 64.2 Å². The highest BCUT2D eigenvalue weighted by molar-refractivity contribution is 9.10. The summed E-state index contributed by atoms with van der Waals surface area (Å²) in [5.41, 5.74) is 0.933. The monoisotopic (exact) mass is 468 g/mol. The van der Waals surface area contributed by atoms with Crippen molar-refractivity contribution in [3.63, 3.8) is 0 Å². The number of hydrogen-bond acceptors (Lipinski definition) is 4. The summed E-state index contributed by atoms with van der Waals surface area (Å²) >= 11 is 15.9. The number of benzene rings is 2. The first-order chi connectivity index (χ1) is 12.9. The molecule has 0 aliphatic rings. The second-order valence-corrected chi connectivity index (χ2v) is 7.23. The lowest BCUT2D eigenvalue weighted by Gasteiger charge is -2.12. The van der Waals surface area contributed by atoms with E-state index >= 15 is 0 Å². The summed E-state index contributed by atoms with van der Waals surface area (Å²) in [7, 11) is 1.56. The average molecular weight is 470 g/mol. The fraction of sp³-hybridized carbons (Fsp3) is 0.158. The van der Waals surface area contributed by atoms with Crippen molar-refractivity contribution in [1.29, 1.82) is 0 Å². The highest BCUT2D eigenvalue weighted by Crippen LogP contribution is 2.37. The van der Waals surface area contributed by atoms with Gasteiger partial charge in [-0.1, -0.05) is 23.2 Å². The minimum absolute atomic E-state index is 0.250. The summed E-state index contributed by atoms with van der Waals surface area (Å²) in [4.78, 5) is 19.4. The van der Waals surface area contributed by atoms with Gasteiger partial charge in [-0.25, -0.2) is 4.98 Å². The van der Waals surface area contributed by atoms with Crippen LogP contribution in [0.2, 0.25) is 5.02 Å². The van der Waals surface area contributed by atoms with Gasteiger partial charge in [0.1, 0.15) is 0 Å². The Balaban J connectivity index is 2.06. The highest BCUT2D eigenvalue weighted by atomic mass is 79.9. The Morgan fingerprint density at radius 3 is 2.81 bits per heavy atom. The summed E-state index contributed by atoms with van der Waals surface area (Å²) in [6.07, 6.45) is 1.68. The van der Waals surface area contributed by atoms with E-state index in [1.807, 2.05) is 13.0 Å². The minimum atomic E-state index is -0.288. The Bertz CT molecular complexity index is 1100. The molecular formula is C19H15BrCl2N2O3. The van der Waals surface area contributed by atoms with E-state index in [-0.39, 0.29) is 16.4 Å². The normalized spacial score (nSPS) is 11.7. The van der Waals surface area contributed by atoms with Crippen LogP contribution >= 0.6 is 39.1 Å². The molecule has 2 aromatic carbocycles. The summed E-state index contributed by atoms with van der Waals surface area (Å²) in [5.74, 6) is 1.43. The summed E-state index contributed by atoms with van der Waals surface area (Å²) in [6, 6.07) is 8.51. The molecule has 0 radical (unpaired) electrons. The molecule has 3 aromatic rings. The Morgan fingerprint density at radius 2 is 2.11 bits per heavy atom. The molecular weight excluding hydrogens is 455 g/mol. The minimum Gasteiger partial charge on any atom is -0.493 e. The predicted octanol–water partition coefficient (Wildman–Crippen LogP) is 5.48. The molecule has 0 aliphatic heterocycles. The van der Waals surface area contributed by atoms with Crippen LogP contribution in [-0.2, 0) is 0 Å². The zero-order valence-corrected chi connectivity index (χ0v) is 17.6. The quantitative estimate of drug-likeness (QED) is 0.537. The molecule has 27 heavy (non-hydrogen) atoms. The average Bonchev–Trinajstić information content (AvgIpc) is 2.63. The Labute approximate surface area is 174 Å². The first-order valence-electron chi connectivity index (χ1n) is 8.00. The molecule has 5 nitrogen and oxygen atoms in total. The lowest BCUT2D eigenvalue weighted by Crippen LogP contribution is -2.10. The van der Waals surface area contributed by atoms with Crippen LogP contribution < -0.4 is 15.0 Å². The lowest BCUT2D eigenvalue weighted by atomic mass is 10.2. The van der Waals surface area contributed by atoms with Gasteiger partial charge in [0.05, 0.1) is 34.1 Å². The predicted molar refractivity (Wildman–Crippen MR) is 113 cm³/mol. The number of hydrogen-bond donors (Lipinski definition) is 1. The number of H-pyrrole nitrogens is 1. The van der Waals surface area contributed by atoms with E-state index in [4.69, 9.17) is 32.7 Å². The van der Waals surface area contributed by atoms with Crippen molar-refractivity contribution in [2.45, 2.75) is 6.92 Å². The number of nitrogens with zero attached hydrogens (tertiary/aromatic N) is 1. The molecule has 1 aromatic heterocycles. The maximum atomic E-state index is 12.3. The molecule has 0 aliphatic carbocycles. The van der Waals surface area contributed by atoms with E-state index in [2.05, 4.69) is 25.9 Å². The second-order valence-electron chi connectivity index (χ2n) is 5.54. The van der Waals surface area contributed by atoms with Gasteiger partial charge in [0, 0.05) is 5.02 Å². The maximum Gasteiger partial charge on any atom is 0.259 e. The van der Waals surface area contributed by atoms with Crippen LogP contribution in [0.4, 0.5) is 0 Å². The van der Waals surface area contributed by atoms with Gasteiger partial charge < -0.3 is 14.5 Å². The van der Waals surface area contributed by atoms with E-state index in [0.717, 1.165) is 10.0 Å². The molecule has 0 bridgehead atoms. The number of fused-ring (bicyclic) bond motifs is 1. The van der Waals surface area contributed by atoms with Crippen LogP contribution in [-0.4, -0.2) is 23.7 Å². The van der Waals surface area contributed by atoms with Gasteiger partial charge in [-0.2, -0.15) is 0 Å². The molecule has 140 valence electrons. The number of aromatic amines is 1. The number of nitrogens with one attached hydrogen (secondary N) is 1. The molecule has 0 unspecified atom stereocenters. The summed E-state index contributed by atoms with van der Waals surface area (Å²) < 4.78 is 11.7. The molecule has 8 heteroatoms. The molecule has 0 amide bonds. The van der Waals surface area contributed by atoms with Crippen molar-refractivity contribution in [2.75, 3.05) is 13.7 Å². The molecule has 3 rings (SSSR count). The Morgan fingerprint density at radius 1 is 1.33 bits per heavy atom. The molecule has 0 saturated carbocycles. The summed E-state index contributed by atoms with van der Waals surface area (Å²) in [5, 5.41) is 1.21. The maximum absolute atomic E-state index is 12.3. The molecule has 1 N–H and O–H groups in total. The third-order valence-corrected chi connectivity index (χ3v) is 4.84. The fourth-order valence-electron chi connectivity index (χ4n) is 2.55. The molecule has 0 spiro atoms. The van der Waals surface area contributed by atoms with Crippen molar-refractivity contribution in [1.82, 2.24) is 9.97 Å². The van der Waals surface area contributed by atoms with E-state index < -0.39 is 0 Å². The van der Waals surface area contributed by atoms with E-state index in [9.17, 15) is 4.79 Å². The number of ether oxygens (including phenoxy) is 2. The largest absolute Gasteiger partial charge is 0.493 e. The molecule has 1 heterocycles. The Kier molecular flexibility index (Phi) is 6.09. The lowest BCUT2D eigenvalue weighted by molar-refractivity contribution is 0.309. The number of halogens is 3. The van der Waals surface area contributed by atoms with Gasteiger partial charge in [-0.05, 0) is 64.8 Å². The smallest absolute Gasteiger partial charge is 0.259 e. The fourth-order valence-corrected chi connectivity index (χ4v) is 3.50. The van der Waals surface area contributed by atoms with Gasteiger partial charge >= 0.3 is 0 Å². The standard InChI is InChI=1S/C19H15BrCl2N2O3/c1-3-27-17-13(20)6-10(8-16(17)26-2)7-14(22)18-23-15-9-11(21)4-5-12(15)19(25)24-18/h4-9H,3H2,1-2H3,(H,23,24,25)/b14-7-. The van der Waals surface area contributed by atoms with Crippen molar-refractivity contribution >= 4 is 61.1 Å². The second kappa shape index (κ2) is 8.33. The van der Waals surface area contributed by atoms with Crippen molar-refractivity contribution in [2.24, 2.45) is 0 Å². The highest BCUT2D eigenvalue weighted by Gasteiger charge is 2.12. The zero-order chi connectivity index (χ0) is 19.6. The number of methoxy groups -OCH3 is 1. The van der Waals surface area contributed by atoms with Crippen LogP contribution in [0.1, 0.15) is 18.3 Å².